The van der Waals surface area contributed by atoms with Crippen molar-refractivity contribution in [1.82, 2.24) is 14.5 Å². The number of nitrogens with zero attached hydrogens (tertiary/aromatic N) is 2. The highest BCUT2D eigenvalue weighted by molar-refractivity contribution is 7.89. The first-order valence-corrected chi connectivity index (χ1v) is 7.63. The molecule has 7 heteroatoms. The van der Waals surface area contributed by atoms with Crippen LogP contribution in [-0.4, -0.2) is 36.4 Å². The van der Waals surface area contributed by atoms with Gasteiger partial charge in [-0.05, 0) is 12.0 Å². The van der Waals surface area contributed by atoms with Crippen molar-refractivity contribution in [1.29, 1.82) is 0 Å². The SMILES string of the molecule is CC(CCl)CS(=O)(=O)NCCc1ccn(C)n1. The number of nitrogens with one attached hydrogen (secondary N) is 1. The number of rotatable bonds is 7. The maximum atomic E-state index is 11.6. The van der Waals surface area contributed by atoms with Crippen molar-refractivity contribution >= 4 is 21.6 Å². The second-order valence-electron chi connectivity index (χ2n) is 4.17. The predicted molar refractivity (Wildman–Crippen MR) is 68.6 cm³/mol. The summed E-state index contributed by atoms with van der Waals surface area (Å²) in [6.45, 7) is 2.18. The zero-order chi connectivity index (χ0) is 12.9. The van der Waals surface area contributed by atoms with Crippen LogP contribution in [0.15, 0.2) is 12.3 Å². The number of hydrogen-bond acceptors (Lipinski definition) is 3. The lowest BCUT2D eigenvalue weighted by Gasteiger charge is -2.09. The fourth-order valence-electron chi connectivity index (χ4n) is 1.41. The van der Waals surface area contributed by atoms with Gasteiger partial charge in [0.1, 0.15) is 0 Å². The fraction of sp³-hybridized carbons (Fsp3) is 0.700. The van der Waals surface area contributed by atoms with Crippen molar-refractivity contribution in [3.05, 3.63) is 18.0 Å². The largest absolute Gasteiger partial charge is 0.276 e. The summed E-state index contributed by atoms with van der Waals surface area (Å²) in [6.07, 6.45) is 2.43. The Labute approximate surface area is 107 Å². The molecule has 0 aromatic carbocycles. The van der Waals surface area contributed by atoms with Gasteiger partial charge in [0.05, 0.1) is 11.4 Å². The second-order valence-corrected chi connectivity index (χ2v) is 6.33. The summed E-state index contributed by atoms with van der Waals surface area (Å²) in [6, 6.07) is 1.87. The zero-order valence-corrected chi connectivity index (χ0v) is 11.6. The van der Waals surface area contributed by atoms with Crippen LogP contribution in [0.5, 0.6) is 0 Å². The van der Waals surface area contributed by atoms with Gasteiger partial charge in [-0.1, -0.05) is 6.92 Å². The van der Waals surface area contributed by atoms with Crippen LogP contribution in [0.25, 0.3) is 0 Å². The molecular weight excluding hydrogens is 262 g/mol. The molecule has 1 atom stereocenters. The summed E-state index contributed by atoms with van der Waals surface area (Å²) in [7, 11) is -1.40. The van der Waals surface area contributed by atoms with E-state index in [0.717, 1.165) is 5.69 Å². The average molecular weight is 280 g/mol. The predicted octanol–water partition coefficient (Wildman–Crippen LogP) is 0.757. The molecule has 0 aliphatic heterocycles. The molecule has 5 nitrogen and oxygen atoms in total. The number of halogens is 1. The van der Waals surface area contributed by atoms with E-state index in [-0.39, 0.29) is 11.7 Å². The number of aryl methyl sites for hydroxylation is 1. The van der Waals surface area contributed by atoms with Gasteiger partial charge in [0.25, 0.3) is 0 Å². The molecule has 1 unspecified atom stereocenters. The normalized spacial score (nSPS) is 13.8. The Bertz CT molecular complexity index is 444. The Hall–Kier alpha value is -0.590. The van der Waals surface area contributed by atoms with Gasteiger partial charge in [-0.15, -0.1) is 11.6 Å². The number of alkyl halides is 1. The van der Waals surface area contributed by atoms with Crippen LogP contribution in [0.1, 0.15) is 12.6 Å². The Morgan fingerprint density at radius 3 is 2.82 bits per heavy atom. The molecule has 1 aromatic rings. The summed E-state index contributed by atoms with van der Waals surface area (Å²) < 4.78 is 27.4. The van der Waals surface area contributed by atoms with Gasteiger partial charge in [-0.25, -0.2) is 13.1 Å². The lowest BCUT2D eigenvalue weighted by atomic mass is 10.3. The van der Waals surface area contributed by atoms with Crippen LogP contribution in [0.4, 0.5) is 0 Å². The molecule has 0 aliphatic rings. The molecule has 0 amide bonds. The van der Waals surface area contributed by atoms with Crippen molar-refractivity contribution in [2.75, 3.05) is 18.2 Å². The highest BCUT2D eigenvalue weighted by Gasteiger charge is 2.14. The van der Waals surface area contributed by atoms with E-state index >= 15 is 0 Å². The quantitative estimate of drug-likeness (QED) is 0.750. The van der Waals surface area contributed by atoms with Crippen molar-refractivity contribution in [2.24, 2.45) is 13.0 Å². The minimum Gasteiger partial charge on any atom is -0.276 e. The van der Waals surface area contributed by atoms with E-state index in [4.69, 9.17) is 11.6 Å². The zero-order valence-electron chi connectivity index (χ0n) is 10.1. The average Bonchev–Trinajstić information content (AvgIpc) is 2.63. The van der Waals surface area contributed by atoms with Crippen LogP contribution in [-0.2, 0) is 23.5 Å². The molecule has 98 valence electrons. The highest BCUT2D eigenvalue weighted by Crippen LogP contribution is 2.02. The maximum Gasteiger partial charge on any atom is 0.211 e. The van der Waals surface area contributed by atoms with Crippen molar-refractivity contribution < 1.29 is 8.42 Å². The minimum atomic E-state index is -3.23. The summed E-state index contributed by atoms with van der Waals surface area (Å²) in [4.78, 5) is 0. The standard InChI is InChI=1S/C10H18ClN3O2S/c1-9(7-11)8-17(15,16)12-5-3-10-4-6-14(2)13-10/h4,6,9,12H,3,5,7-8H2,1-2H3. The molecular formula is C10H18ClN3O2S. The van der Waals surface area contributed by atoms with E-state index in [9.17, 15) is 8.42 Å². The Morgan fingerprint density at radius 2 is 2.29 bits per heavy atom. The Balaban J connectivity index is 2.35. The third-order valence-electron chi connectivity index (χ3n) is 2.24. The molecule has 0 saturated heterocycles. The van der Waals surface area contributed by atoms with Crippen molar-refractivity contribution in [2.45, 2.75) is 13.3 Å². The van der Waals surface area contributed by atoms with Crippen LogP contribution >= 0.6 is 11.6 Å². The number of aromatic nitrogens is 2. The topological polar surface area (TPSA) is 64.0 Å². The molecule has 0 saturated carbocycles. The van der Waals surface area contributed by atoms with E-state index in [1.807, 2.05) is 26.2 Å². The van der Waals surface area contributed by atoms with Crippen molar-refractivity contribution in [3.63, 3.8) is 0 Å². The molecule has 1 N–H and O–H groups in total. The third kappa shape index (κ3) is 5.52. The number of sulfonamides is 1. The molecule has 0 aliphatic carbocycles. The lowest BCUT2D eigenvalue weighted by molar-refractivity contribution is 0.568. The summed E-state index contributed by atoms with van der Waals surface area (Å²) in [5.74, 6) is 0.379. The summed E-state index contributed by atoms with van der Waals surface area (Å²) in [5, 5.41) is 4.17. The monoisotopic (exact) mass is 279 g/mol. The first-order chi connectivity index (χ1) is 7.93. The molecule has 1 aromatic heterocycles. The van der Waals surface area contributed by atoms with E-state index in [1.54, 1.807) is 4.68 Å². The van der Waals surface area contributed by atoms with Gasteiger partial charge in [-0.2, -0.15) is 5.10 Å². The van der Waals surface area contributed by atoms with Crippen LogP contribution in [0.2, 0.25) is 0 Å². The summed E-state index contributed by atoms with van der Waals surface area (Å²) >= 11 is 5.59. The van der Waals surface area contributed by atoms with Gasteiger partial charge in [-0.3, -0.25) is 4.68 Å². The molecule has 0 spiro atoms. The van der Waals surface area contributed by atoms with Gasteiger partial charge < -0.3 is 0 Å². The third-order valence-corrected chi connectivity index (χ3v) is 4.42. The molecule has 1 heterocycles. The van der Waals surface area contributed by atoms with Gasteiger partial charge >= 0.3 is 0 Å². The Kier molecular flexibility index (Phi) is 5.42. The first-order valence-electron chi connectivity index (χ1n) is 5.45. The lowest BCUT2D eigenvalue weighted by Crippen LogP contribution is -2.31. The van der Waals surface area contributed by atoms with Gasteiger partial charge in [0.2, 0.25) is 10.0 Å². The summed E-state index contributed by atoms with van der Waals surface area (Å²) in [5.41, 5.74) is 0.876. The van der Waals surface area contributed by atoms with Crippen LogP contribution < -0.4 is 4.72 Å². The molecule has 0 fully saturated rings. The number of hydrogen-bond donors (Lipinski definition) is 1. The first kappa shape index (κ1) is 14.5. The molecule has 17 heavy (non-hydrogen) atoms. The second kappa shape index (κ2) is 6.37. The van der Waals surface area contributed by atoms with E-state index in [0.29, 0.717) is 18.8 Å². The van der Waals surface area contributed by atoms with E-state index in [1.165, 1.54) is 0 Å². The fourth-order valence-corrected chi connectivity index (χ4v) is 3.05. The van der Waals surface area contributed by atoms with E-state index < -0.39 is 10.0 Å². The molecule has 1 rings (SSSR count). The van der Waals surface area contributed by atoms with Gasteiger partial charge in [0, 0.05) is 32.1 Å². The molecule has 0 bridgehead atoms. The van der Waals surface area contributed by atoms with E-state index in [2.05, 4.69) is 9.82 Å². The minimum absolute atomic E-state index is 0.0379. The van der Waals surface area contributed by atoms with Crippen LogP contribution in [0.3, 0.4) is 0 Å². The highest BCUT2D eigenvalue weighted by atomic mass is 35.5. The molecule has 0 radical (unpaired) electrons. The van der Waals surface area contributed by atoms with Crippen molar-refractivity contribution in [3.8, 4) is 0 Å². The smallest absolute Gasteiger partial charge is 0.211 e. The maximum absolute atomic E-state index is 11.6. The van der Waals surface area contributed by atoms with Gasteiger partial charge in [0.15, 0.2) is 0 Å². The van der Waals surface area contributed by atoms with Crippen LogP contribution in [0, 0.1) is 5.92 Å². The Morgan fingerprint density at radius 1 is 1.59 bits per heavy atom.